The third-order valence-corrected chi connectivity index (χ3v) is 5.23. The van der Waals surface area contributed by atoms with Crippen LogP contribution in [0.15, 0.2) is 61.1 Å². The maximum absolute atomic E-state index is 13.5. The van der Waals surface area contributed by atoms with Crippen LogP contribution in [0.2, 0.25) is 0 Å². The molecular weight excluding hydrogens is 380 g/mol. The number of carbonyl (C=O) groups excluding carboxylic acids is 2. The van der Waals surface area contributed by atoms with E-state index in [9.17, 15) is 9.59 Å². The number of hydrogen-bond acceptors (Lipinski definition) is 5. The van der Waals surface area contributed by atoms with Crippen LogP contribution in [0.5, 0.6) is 0 Å². The number of carbonyl (C=O) groups is 2. The molecule has 0 spiro atoms. The summed E-state index contributed by atoms with van der Waals surface area (Å²) in [4.78, 5) is 31.6. The van der Waals surface area contributed by atoms with Gasteiger partial charge in [-0.1, -0.05) is 18.2 Å². The molecule has 0 radical (unpaired) electrons. The SMILES string of the molecule is CCOC(=O)[C@@H]1CCCN(C(=O)c2cn(-c3ccccc3)nc2-c2cccnc2)C1. The fourth-order valence-corrected chi connectivity index (χ4v) is 3.74. The Balaban J connectivity index is 1.67. The standard InChI is InChI=1S/C23H24N4O3/c1-2-30-23(29)18-9-7-13-26(15-18)22(28)20-16-27(19-10-4-3-5-11-19)25-21(20)17-8-6-12-24-14-17/h3-6,8,10-12,14,16,18H,2,7,9,13,15H2,1H3/t18-/m1/s1. The molecule has 1 amide bonds. The van der Waals surface area contributed by atoms with Crippen molar-refractivity contribution < 1.29 is 14.3 Å². The third kappa shape index (κ3) is 4.10. The van der Waals surface area contributed by atoms with Crippen LogP contribution >= 0.6 is 0 Å². The fourth-order valence-electron chi connectivity index (χ4n) is 3.74. The Bertz CT molecular complexity index is 1020. The van der Waals surface area contributed by atoms with Crippen LogP contribution in [0.25, 0.3) is 16.9 Å². The molecule has 0 N–H and O–H groups in total. The zero-order valence-corrected chi connectivity index (χ0v) is 16.9. The second-order valence-electron chi connectivity index (χ2n) is 7.26. The van der Waals surface area contributed by atoms with Crippen molar-refractivity contribution in [2.24, 2.45) is 5.92 Å². The number of pyridine rings is 1. The van der Waals surface area contributed by atoms with Crippen LogP contribution in [0, 0.1) is 5.92 Å². The van der Waals surface area contributed by atoms with Crippen LogP contribution < -0.4 is 0 Å². The summed E-state index contributed by atoms with van der Waals surface area (Å²) in [5.74, 6) is -0.652. The molecule has 7 heteroatoms. The average Bonchev–Trinajstić information content (AvgIpc) is 3.25. The first-order chi connectivity index (χ1) is 14.7. The monoisotopic (exact) mass is 404 g/mol. The molecule has 1 saturated heterocycles. The smallest absolute Gasteiger partial charge is 0.310 e. The van der Waals surface area contributed by atoms with Gasteiger partial charge in [0, 0.05) is 37.2 Å². The van der Waals surface area contributed by atoms with E-state index in [-0.39, 0.29) is 17.8 Å². The van der Waals surface area contributed by atoms with Gasteiger partial charge in [-0.25, -0.2) is 4.68 Å². The number of rotatable bonds is 5. The van der Waals surface area contributed by atoms with E-state index in [1.807, 2.05) is 42.5 Å². The Morgan fingerprint density at radius 1 is 1.17 bits per heavy atom. The number of nitrogens with zero attached hydrogens (tertiary/aromatic N) is 4. The summed E-state index contributed by atoms with van der Waals surface area (Å²) in [6.45, 7) is 3.11. The van der Waals surface area contributed by atoms with Gasteiger partial charge in [-0.15, -0.1) is 0 Å². The van der Waals surface area contributed by atoms with Gasteiger partial charge < -0.3 is 9.64 Å². The number of ether oxygens (including phenoxy) is 1. The second kappa shape index (κ2) is 8.90. The molecule has 1 aliphatic rings. The van der Waals surface area contributed by atoms with Gasteiger partial charge in [-0.3, -0.25) is 14.6 Å². The minimum absolute atomic E-state index is 0.134. The topological polar surface area (TPSA) is 77.3 Å². The highest BCUT2D eigenvalue weighted by atomic mass is 16.5. The minimum atomic E-state index is -0.284. The summed E-state index contributed by atoms with van der Waals surface area (Å²) in [6.07, 6.45) is 6.65. The van der Waals surface area contributed by atoms with Gasteiger partial charge in [0.15, 0.2) is 0 Å². The van der Waals surface area contributed by atoms with E-state index in [0.717, 1.165) is 24.1 Å². The van der Waals surface area contributed by atoms with E-state index in [0.29, 0.717) is 31.0 Å². The quantitative estimate of drug-likeness (QED) is 0.610. The van der Waals surface area contributed by atoms with Crippen molar-refractivity contribution in [2.75, 3.05) is 19.7 Å². The molecule has 4 rings (SSSR count). The fraction of sp³-hybridized carbons (Fsp3) is 0.304. The summed E-state index contributed by atoms with van der Waals surface area (Å²) in [5, 5.41) is 4.69. The van der Waals surface area contributed by atoms with Crippen LogP contribution in [0.4, 0.5) is 0 Å². The molecule has 0 aliphatic carbocycles. The number of para-hydroxylation sites is 1. The number of esters is 1. The van der Waals surface area contributed by atoms with Crippen LogP contribution in [0.1, 0.15) is 30.1 Å². The summed E-state index contributed by atoms with van der Waals surface area (Å²) < 4.78 is 6.88. The highest BCUT2D eigenvalue weighted by molar-refractivity contribution is 6.00. The van der Waals surface area contributed by atoms with Crippen molar-refractivity contribution in [3.05, 3.63) is 66.6 Å². The third-order valence-electron chi connectivity index (χ3n) is 5.23. The zero-order chi connectivity index (χ0) is 20.9. The maximum atomic E-state index is 13.5. The van der Waals surface area contributed by atoms with Gasteiger partial charge in [0.1, 0.15) is 5.69 Å². The maximum Gasteiger partial charge on any atom is 0.310 e. The molecule has 0 unspecified atom stereocenters. The summed E-state index contributed by atoms with van der Waals surface area (Å²) >= 11 is 0. The molecule has 30 heavy (non-hydrogen) atoms. The Morgan fingerprint density at radius 2 is 2.00 bits per heavy atom. The largest absolute Gasteiger partial charge is 0.466 e. The number of benzene rings is 1. The lowest BCUT2D eigenvalue weighted by Crippen LogP contribution is -2.42. The molecule has 3 aromatic rings. The van der Waals surface area contributed by atoms with Crippen LogP contribution in [-0.4, -0.2) is 51.2 Å². The summed E-state index contributed by atoms with van der Waals surface area (Å²) in [6, 6.07) is 13.4. The van der Waals surface area contributed by atoms with E-state index in [1.54, 1.807) is 35.1 Å². The van der Waals surface area contributed by atoms with E-state index in [1.165, 1.54) is 0 Å². The van der Waals surface area contributed by atoms with Gasteiger partial charge in [0.05, 0.1) is 23.8 Å². The first-order valence-corrected chi connectivity index (χ1v) is 10.2. The van der Waals surface area contributed by atoms with Crippen molar-refractivity contribution in [3.63, 3.8) is 0 Å². The van der Waals surface area contributed by atoms with Crippen LogP contribution in [0.3, 0.4) is 0 Å². The predicted molar refractivity (Wildman–Crippen MR) is 112 cm³/mol. The first kappa shape index (κ1) is 19.8. The molecule has 2 aromatic heterocycles. The molecule has 1 aliphatic heterocycles. The molecule has 0 bridgehead atoms. The number of piperidine rings is 1. The van der Waals surface area contributed by atoms with E-state index in [2.05, 4.69) is 10.1 Å². The van der Waals surface area contributed by atoms with Gasteiger partial charge in [0.2, 0.25) is 0 Å². The highest BCUT2D eigenvalue weighted by Crippen LogP contribution is 2.27. The summed E-state index contributed by atoms with van der Waals surface area (Å²) in [5.41, 5.74) is 2.71. The molecule has 1 aromatic carbocycles. The van der Waals surface area contributed by atoms with E-state index in [4.69, 9.17) is 4.74 Å². The van der Waals surface area contributed by atoms with Crippen molar-refractivity contribution in [1.82, 2.24) is 19.7 Å². The highest BCUT2D eigenvalue weighted by Gasteiger charge is 2.31. The molecule has 0 saturated carbocycles. The molecule has 1 fully saturated rings. The molecular formula is C23H24N4O3. The van der Waals surface area contributed by atoms with Gasteiger partial charge in [-0.05, 0) is 44.0 Å². The Labute approximate surface area is 175 Å². The number of hydrogen-bond donors (Lipinski definition) is 0. The lowest BCUT2D eigenvalue weighted by molar-refractivity contribution is -0.149. The van der Waals surface area contributed by atoms with Crippen molar-refractivity contribution in [3.8, 4) is 16.9 Å². The average molecular weight is 404 g/mol. The van der Waals surface area contributed by atoms with Crippen LogP contribution in [-0.2, 0) is 9.53 Å². The second-order valence-corrected chi connectivity index (χ2v) is 7.26. The van der Waals surface area contributed by atoms with Gasteiger partial charge in [-0.2, -0.15) is 5.10 Å². The van der Waals surface area contributed by atoms with Gasteiger partial charge >= 0.3 is 5.97 Å². The molecule has 3 heterocycles. The lowest BCUT2D eigenvalue weighted by Gasteiger charge is -2.31. The first-order valence-electron chi connectivity index (χ1n) is 10.2. The lowest BCUT2D eigenvalue weighted by atomic mass is 9.97. The van der Waals surface area contributed by atoms with Crippen molar-refractivity contribution in [2.45, 2.75) is 19.8 Å². The molecule has 1 atom stereocenters. The Hall–Kier alpha value is -3.48. The molecule has 7 nitrogen and oxygen atoms in total. The normalized spacial score (nSPS) is 16.3. The summed E-state index contributed by atoms with van der Waals surface area (Å²) in [7, 11) is 0. The number of amides is 1. The number of aromatic nitrogens is 3. The minimum Gasteiger partial charge on any atom is -0.466 e. The number of likely N-dealkylation sites (tertiary alicyclic amines) is 1. The van der Waals surface area contributed by atoms with Crippen molar-refractivity contribution in [1.29, 1.82) is 0 Å². The Kier molecular flexibility index (Phi) is 5.88. The van der Waals surface area contributed by atoms with E-state index >= 15 is 0 Å². The van der Waals surface area contributed by atoms with Gasteiger partial charge in [0.25, 0.3) is 5.91 Å². The van der Waals surface area contributed by atoms with Crippen molar-refractivity contribution >= 4 is 11.9 Å². The van der Waals surface area contributed by atoms with E-state index < -0.39 is 0 Å². The zero-order valence-electron chi connectivity index (χ0n) is 16.9. The predicted octanol–water partition coefficient (Wildman–Crippen LogP) is 3.35. The Morgan fingerprint density at radius 3 is 2.73 bits per heavy atom. The molecule has 154 valence electrons.